The predicted molar refractivity (Wildman–Crippen MR) is 95.3 cm³/mol. The molecule has 0 fully saturated rings. The molecule has 1 heterocycles. The minimum Gasteiger partial charge on any atom is -0.482 e. The summed E-state index contributed by atoms with van der Waals surface area (Å²) in [4.78, 5) is 11.8. The fourth-order valence-corrected chi connectivity index (χ4v) is 2.51. The maximum absolute atomic E-state index is 11.8. The summed E-state index contributed by atoms with van der Waals surface area (Å²) in [5, 5.41) is 5.06. The van der Waals surface area contributed by atoms with Crippen LogP contribution in [0.1, 0.15) is 5.56 Å². The van der Waals surface area contributed by atoms with Crippen LogP contribution in [0, 0.1) is 0 Å². The first-order valence-electron chi connectivity index (χ1n) is 7.02. The molecule has 0 atom stereocenters. The average molecular weight is 402 g/mol. The lowest BCUT2D eigenvalue weighted by Crippen LogP contribution is -2.24. The number of amides is 1. The van der Waals surface area contributed by atoms with E-state index in [4.69, 9.17) is 49.0 Å². The fraction of sp³-hybridized carbons (Fsp3) is 0.125. The van der Waals surface area contributed by atoms with E-state index in [2.05, 4.69) is 10.5 Å². The molecular formula is C16H11Cl3N2O4. The van der Waals surface area contributed by atoms with Crippen molar-refractivity contribution in [2.24, 2.45) is 5.10 Å². The van der Waals surface area contributed by atoms with Crippen molar-refractivity contribution in [1.29, 1.82) is 0 Å². The number of hydrogen-bond donors (Lipinski definition) is 1. The van der Waals surface area contributed by atoms with Crippen LogP contribution < -0.4 is 19.6 Å². The molecule has 0 radical (unpaired) electrons. The Morgan fingerprint density at radius 1 is 1.16 bits per heavy atom. The number of hydrogen-bond acceptors (Lipinski definition) is 5. The highest BCUT2D eigenvalue weighted by atomic mass is 35.5. The van der Waals surface area contributed by atoms with Gasteiger partial charge in [0, 0.05) is 22.7 Å². The Bertz CT molecular complexity index is 842. The standard InChI is InChI=1S/C16H11Cl3N2O4/c17-10-1-2-11(18)13(4-10)23-7-16(22)21-20-6-9-3-14-15(5-12(9)19)25-8-24-14/h1-6H,7-8H2,(H,21,22)/b20-6+. The van der Waals surface area contributed by atoms with E-state index in [0.29, 0.717) is 37.9 Å². The van der Waals surface area contributed by atoms with Crippen molar-refractivity contribution in [2.45, 2.75) is 0 Å². The van der Waals surface area contributed by atoms with Crippen molar-refractivity contribution in [1.82, 2.24) is 5.43 Å². The summed E-state index contributed by atoms with van der Waals surface area (Å²) in [7, 11) is 0. The van der Waals surface area contributed by atoms with E-state index < -0.39 is 5.91 Å². The van der Waals surface area contributed by atoms with Gasteiger partial charge in [0.25, 0.3) is 5.91 Å². The summed E-state index contributed by atoms with van der Waals surface area (Å²) >= 11 is 17.9. The molecule has 3 rings (SSSR count). The van der Waals surface area contributed by atoms with Crippen molar-refractivity contribution in [3.8, 4) is 17.2 Å². The van der Waals surface area contributed by atoms with Gasteiger partial charge in [0.15, 0.2) is 18.1 Å². The van der Waals surface area contributed by atoms with Crippen molar-refractivity contribution < 1.29 is 19.0 Å². The molecule has 2 aromatic rings. The zero-order valence-corrected chi connectivity index (χ0v) is 14.9. The van der Waals surface area contributed by atoms with Gasteiger partial charge in [-0.05, 0) is 18.2 Å². The molecule has 1 N–H and O–H groups in total. The van der Waals surface area contributed by atoms with E-state index >= 15 is 0 Å². The number of nitrogens with zero attached hydrogens (tertiary/aromatic N) is 1. The second-order valence-corrected chi connectivity index (χ2v) is 6.13. The van der Waals surface area contributed by atoms with Crippen molar-refractivity contribution >= 4 is 46.9 Å². The quantitative estimate of drug-likeness (QED) is 0.609. The topological polar surface area (TPSA) is 69.2 Å². The molecule has 0 unspecified atom stereocenters. The van der Waals surface area contributed by atoms with Gasteiger partial charge in [0.1, 0.15) is 5.75 Å². The summed E-state index contributed by atoms with van der Waals surface area (Å²) in [6.45, 7) is -0.126. The second-order valence-electron chi connectivity index (χ2n) is 4.88. The van der Waals surface area contributed by atoms with Crippen LogP contribution in [0.3, 0.4) is 0 Å². The highest BCUT2D eigenvalue weighted by molar-refractivity contribution is 6.34. The molecule has 0 bridgehead atoms. The van der Waals surface area contributed by atoms with Crippen LogP contribution in [-0.4, -0.2) is 25.5 Å². The van der Waals surface area contributed by atoms with Crippen LogP contribution in [0.4, 0.5) is 0 Å². The molecule has 130 valence electrons. The third kappa shape index (κ3) is 4.48. The molecule has 1 aliphatic rings. The summed E-state index contributed by atoms with van der Waals surface area (Å²) < 4.78 is 15.8. The van der Waals surface area contributed by atoms with E-state index in [1.165, 1.54) is 12.3 Å². The molecule has 2 aromatic carbocycles. The Morgan fingerprint density at radius 2 is 1.92 bits per heavy atom. The largest absolute Gasteiger partial charge is 0.482 e. The molecule has 0 aliphatic carbocycles. The number of carbonyl (C=O) groups is 1. The van der Waals surface area contributed by atoms with Gasteiger partial charge >= 0.3 is 0 Å². The van der Waals surface area contributed by atoms with E-state index in [1.54, 1.807) is 24.3 Å². The third-order valence-corrected chi connectivity index (χ3v) is 4.01. The van der Waals surface area contributed by atoms with Crippen molar-refractivity contribution in [3.05, 3.63) is 51.0 Å². The molecule has 0 saturated carbocycles. The van der Waals surface area contributed by atoms with Crippen LogP contribution >= 0.6 is 34.8 Å². The molecule has 6 nitrogen and oxygen atoms in total. The number of hydrazone groups is 1. The fourth-order valence-electron chi connectivity index (χ4n) is 1.97. The number of benzene rings is 2. The third-order valence-electron chi connectivity index (χ3n) is 3.14. The van der Waals surface area contributed by atoms with Gasteiger partial charge in [0.05, 0.1) is 16.3 Å². The lowest BCUT2D eigenvalue weighted by Gasteiger charge is -2.07. The van der Waals surface area contributed by atoms with E-state index in [1.807, 2.05) is 0 Å². The first kappa shape index (κ1) is 17.7. The first-order chi connectivity index (χ1) is 12.0. The van der Waals surface area contributed by atoms with Gasteiger partial charge in [-0.15, -0.1) is 0 Å². The molecule has 1 aliphatic heterocycles. The Morgan fingerprint density at radius 3 is 2.72 bits per heavy atom. The molecular weight excluding hydrogens is 391 g/mol. The lowest BCUT2D eigenvalue weighted by atomic mass is 10.2. The summed E-state index contributed by atoms with van der Waals surface area (Å²) in [5.74, 6) is 0.977. The van der Waals surface area contributed by atoms with Gasteiger partial charge in [-0.1, -0.05) is 34.8 Å². The Kier molecular flexibility index (Phi) is 5.53. The van der Waals surface area contributed by atoms with E-state index in [-0.39, 0.29) is 13.4 Å². The van der Waals surface area contributed by atoms with Crippen molar-refractivity contribution in [2.75, 3.05) is 13.4 Å². The normalized spacial score (nSPS) is 12.4. The Hall–Kier alpha value is -2.15. The summed E-state index contributed by atoms with van der Waals surface area (Å²) in [6, 6.07) is 8.01. The van der Waals surface area contributed by atoms with Crippen LogP contribution in [-0.2, 0) is 4.79 Å². The van der Waals surface area contributed by atoms with Gasteiger partial charge in [-0.3, -0.25) is 4.79 Å². The average Bonchev–Trinajstić information content (AvgIpc) is 3.03. The smallest absolute Gasteiger partial charge is 0.277 e. The van der Waals surface area contributed by atoms with E-state index in [9.17, 15) is 4.79 Å². The Balaban J connectivity index is 1.55. The second kappa shape index (κ2) is 7.82. The number of nitrogens with one attached hydrogen (secondary N) is 1. The number of carbonyl (C=O) groups excluding carboxylic acids is 1. The highest BCUT2D eigenvalue weighted by Crippen LogP contribution is 2.36. The summed E-state index contributed by atoms with van der Waals surface area (Å²) in [6.07, 6.45) is 1.40. The Labute approximate surface area is 158 Å². The maximum Gasteiger partial charge on any atom is 0.277 e. The SMILES string of the molecule is O=C(COc1cc(Cl)ccc1Cl)N/N=C/c1cc2c(cc1Cl)OCO2. The molecule has 0 saturated heterocycles. The molecule has 0 aromatic heterocycles. The minimum absolute atomic E-state index is 0.145. The minimum atomic E-state index is -0.468. The number of halogens is 3. The summed E-state index contributed by atoms with van der Waals surface area (Å²) in [5.41, 5.74) is 2.90. The zero-order chi connectivity index (χ0) is 17.8. The van der Waals surface area contributed by atoms with Gasteiger partial charge in [-0.2, -0.15) is 5.10 Å². The van der Waals surface area contributed by atoms with Gasteiger partial charge < -0.3 is 14.2 Å². The van der Waals surface area contributed by atoms with Gasteiger partial charge in [-0.25, -0.2) is 5.43 Å². The number of rotatable bonds is 5. The maximum atomic E-state index is 11.8. The van der Waals surface area contributed by atoms with Crippen LogP contribution in [0.15, 0.2) is 35.4 Å². The monoisotopic (exact) mass is 400 g/mol. The lowest BCUT2D eigenvalue weighted by molar-refractivity contribution is -0.123. The highest BCUT2D eigenvalue weighted by Gasteiger charge is 2.15. The number of fused-ring (bicyclic) bond motifs is 1. The van der Waals surface area contributed by atoms with Crippen LogP contribution in [0.25, 0.3) is 0 Å². The van der Waals surface area contributed by atoms with Crippen LogP contribution in [0.5, 0.6) is 17.2 Å². The molecule has 1 amide bonds. The molecule has 25 heavy (non-hydrogen) atoms. The predicted octanol–water partition coefficient (Wildman–Crippen LogP) is 3.90. The molecule has 0 spiro atoms. The van der Waals surface area contributed by atoms with E-state index in [0.717, 1.165) is 0 Å². The number of ether oxygens (including phenoxy) is 3. The zero-order valence-electron chi connectivity index (χ0n) is 12.6. The van der Waals surface area contributed by atoms with Gasteiger partial charge in [0.2, 0.25) is 6.79 Å². The van der Waals surface area contributed by atoms with Crippen molar-refractivity contribution in [3.63, 3.8) is 0 Å². The molecule has 9 heteroatoms. The van der Waals surface area contributed by atoms with Crippen LogP contribution in [0.2, 0.25) is 15.1 Å². The first-order valence-corrected chi connectivity index (χ1v) is 8.15.